The highest BCUT2D eigenvalue weighted by Crippen LogP contribution is 2.23. The highest BCUT2D eigenvalue weighted by atomic mass is 79.9. The van der Waals surface area contributed by atoms with Gasteiger partial charge in [0.2, 0.25) is 0 Å². The van der Waals surface area contributed by atoms with Crippen LogP contribution in [0.5, 0.6) is 5.75 Å². The Balaban J connectivity index is 2.08. The molecule has 2 rings (SSSR count). The Bertz CT molecular complexity index is 634. The van der Waals surface area contributed by atoms with Crippen LogP contribution >= 0.6 is 15.9 Å². The Labute approximate surface area is 131 Å². The van der Waals surface area contributed by atoms with E-state index in [9.17, 15) is 8.78 Å². The van der Waals surface area contributed by atoms with Crippen LogP contribution in [0, 0.1) is 11.6 Å². The van der Waals surface area contributed by atoms with Crippen molar-refractivity contribution in [1.82, 2.24) is 5.32 Å². The average Bonchev–Trinajstić information content (AvgIpc) is 2.47. The van der Waals surface area contributed by atoms with Crippen molar-refractivity contribution in [1.29, 1.82) is 0 Å². The van der Waals surface area contributed by atoms with Crippen LogP contribution in [0.2, 0.25) is 0 Å². The topological polar surface area (TPSA) is 21.3 Å². The summed E-state index contributed by atoms with van der Waals surface area (Å²) in [5.41, 5.74) is 1.33. The quantitative estimate of drug-likeness (QED) is 0.846. The highest BCUT2D eigenvalue weighted by molar-refractivity contribution is 9.10. The highest BCUT2D eigenvalue weighted by Gasteiger charge is 2.12. The van der Waals surface area contributed by atoms with Gasteiger partial charge in [0.15, 0.2) is 0 Å². The van der Waals surface area contributed by atoms with Crippen molar-refractivity contribution in [3.63, 3.8) is 0 Å². The summed E-state index contributed by atoms with van der Waals surface area (Å²) in [6, 6.07) is 9.05. The smallest absolute Gasteiger partial charge is 0.131 e. The van der Waals surface area contributed by atoms with Crippen LogP contribution in [0.15, 0.2) is 40.9 Å². The molecule has 0 saturated heterocycles. The summed E-state index contributed by atoms with van der Waals surface area (Å²) >= 11 is 3.37. The van der Waals surface area contributed by atoms with Crippen molar-refractivity contribution >= 4 is 15.9 Å². The van der Waals surface area contributed by atoms with Crippen molar-refractivity contribution in [2.45, 2.75) is 19.5 Å². The third-order valence-electron chi connectivity index (χ3n) is 3.28. The van der Waals surface area contributed by atoms with Gasteiger partial charge < -0.3 is 10.1 Å². The molecule has 0 heterocycles. The van der Waals surface area contributed by atoms with Crippen molar-refractivity contribution < 1.29 is 13.5 Å². The first-order valence-electron chi connectivity index (χ1n) is 6.52. The predicted molar refractivity (Wildman–Crippen MR) is 82.3 cm³/mol. The minimum absolute atomic E-state index is 0.203. The fraction of sp³-hybridized carbons (Fsp3) is 0.250. The number of methoxy groups -OCH3 is 1. The van der Waals surface area contributed by atoms with Crippen LogP contribution in [0.3, 0.4) is 0 Å². The van der Waals surface area contributed by atoms with Gasteiger partial charge in [0.05, 0.1) is 7.11 Å². The maximum absolute atomic E-state index is 14.0. The maximum Gasteiger partial charge on any atom is 0.131 e. The van der Waals surface area contributed by atoms with E-state index < -0.39 is 0 Å². The number of benzene rings is 2. The van der Waals surface area contributed by atoms with E-state index in [1.165, 1.54) is 25.3 Å². The van der Waals surface area contributed by atoms with Gasteiger partial charge in [0, 0.05) is 28.7 Å². The van der Waals surface area contributed by atoms with Gasteiger partial charge in [0.1, 0.15) is 17.4 Å². The lowest BCUT2D eigenvalue weighted by Gasteiger charge is -2.16. The van der Waals surface area contributed by atoms with E-state index in [1.54, 1.807) is 18.2 Å². The SMILES string of the molecule is COc1ccc(C(C)NCc2cc(F)ccc2Br)c(F)c1. The number of ether oxygens (including phenoxy) is 1. The van der Waals surface area contributed by atoms with E-state index in [1.807, 2.05) is 6.92 Å². The van der Waals surface area contributed by atoms with Crippen molar-refractivity contribution in [3.8, 4) is 5.75 Å². The molecule has 2 aromatic rings. The van der Waals surface area contributed by atoms with E-state index >= 15 is 0 Å². The van der Waals surface area contributed by atoms with Gasteiger partial charge >= 0.3 is 0 Å². The van der Waals surface area contributed by atoms with E-state index in [0.717, 1.165) is 10.0 Å². The number of nitrogens with one attached hydrogen (secondary N) is 1. The van der Waals surface area contributed by atoms with Crippen LogP contribution in [0.1, 0.15) is 24.1 Å². The molecule has 0 saturated carbocycles. The second-order valence-electron chi connectivity index (χ2n) is 4.73. The molecule has 0 aromatic heterocycles. The van der Waals surface area contributed by atoms with Crippen LogP contribution in [-0.2, 0) is 6.54 Å². The lowest BCUT2D eigenvalue weighted by Crippen LogP contribution is -2.19. The van der Waals surface area contributed by atoms with Gasteiger partial charge in [-0.25, -0.2) is 8.78 Å². The molecule has 2 aromatic carbocycles. The summed E-state index contributed by atoms with van der Waals surface area (Å²) in [5.74, 6) is -0.137. The van der Waals surface area contributed by atoms with E-state index in [-0.39, 0.29) is 17.7 Å². The number of hydrogen-bond donors (Lipinski definition) is 1. The largest absolute Gasteiger partial charge is 0.497 e. The van der Waals surface area contributed by atoms with Gasteiger partial charge in [-0.2, -0.15) is 0 Å². The second-order valence-corrected chi connectivity index (χ2v) is 5.58. The second kappa shape index (κ2) is 7.00. The molecule has 0 fully saturated rings. The monoisotopic (exact) mass is 355 g/mol. The predicted octanol–water partition coefficient (Wildman–Crippen LogP) is 4.59. The Morgan fingerprint density at radius 3 is 2.62 bits per heavy atom. The van der Waals surface area contributed by atoms with Crippen LogP contribution in [0.25, 0.3) is 0 Å². The Morgan fingerprint density at radius 1 is 1.19 bits per heavy atom. The first-order valence-corrected chi connectivity index (χ1v) is 7.31. The fourth-order valence-electron chi connectivity index (χ4n) is 2.04. The molecule has 0 aliphatic carbocycles. The standard InChI is InChI=1S/C16H16BrF2NO/c1-10(14-5-4-13(21-2)8-16(14)19)20-9-11-7-12(18)3-6-15(11)17/h3-8,10,20H,9H2,1-2H3. The molecule has 2 nitrogen and oxygen atoms in total. The maximum atomic E-state index is 14.0. The first-order chi connectivity index (χ1) is 10.0. The molecule has 5 heteroatoms. The molecule has 0 bridgehead atoms. The third kappa shape index (κ3) is 4.02. The number of rotatable bonds is 5. The lowest BCUT2D eigenvalue weighted by atomic mass is 10.1. The minimum atomic E-state index is -0.326. The third-order valence-corrected chi connectivity index (χ3v) is 4.05. The molecule has 0 radical (unpaired) electrons. The fourth-order valence-corrected chi connectivity index (χ4v) is 2.42. The van der Waals surface area contributed by atoms with Crippen molar-refractivity contribution in [2.75, 3.05) is 7.11 Å². The summed E-state index contributed by atoms with van der Waals surface area (Å²) in [7, 11) is 1.50. The lowest BCUT2D eigenvalue weighted by molar-refractivity contribution is 0.409. The molecule has 21 heavy (non-hydrogen) atoms. The molecule has 1 N–H and O–H groups in total. The number of hydrogen-bond acceptors (Lipinski definition) is 2. The summed E-state index contributed by atoms with van der Waals surface area (Å²) in [4.78, 5) is 0. The molecule has 0 aliphatic rings. The molecule has 1 atom stereocenters. The Kier molecular flexibility index (Phi) is 5.31. The molecule has 0 aliphatic heterocycles. The normalized spacial score (nSPS) is 12.2. The van der Waals surface area contributed by atoms with E-state index in [0.29, 0.717) is 17.9 Å². The molecule has 0 amide bonds. The van der Waals surface area contributed by atoms with Crippen LogP contribution < -0.4 is 10.1 Å². The minimum Gasteiger partial charge on any atom is -0.497 e. The van der Waals surface area contributed by atoms with E-state index in [4.69, 9.17) is 4.74 Å². The van der Waals surface area contributed by atoms with E-state index in [2.05, 4.69) is 21.2 Å². The van der Waals surface area contributed by atoms with Crippen LogP contribution in [0.4, 0.5) is 8.78 Å². The zero-order valence-electron chi connectivity index (χ0n) is 11.8. The van der Waals surface area contributed by atoms with Crippen molar-refractivity contribution in [3.05, 3.63) is 63.6 Å². The molecule has 1 unspecified atom stereocenters. The molecule has 0 spiro atoms. The number of halogens is 3. The average molecular weight is 356 g/mol. The molecular weight excluding hydrogens is 340 g/mol. The van der Waals surface area contributed by atoms with Gasteiger partial charge in [-0.1, -0.05) is 22.0 Å². The Hall–Kier alpha value is -1.46. The molecular formula is C16H16BrF2NO. The van der Waals surface area contributed by atoms with Gasteiger partial charge in [-0.05, 0) is 36.8 Å². The van der Waals surface area contributed by atoms with Crippen LogP contribution in [-0.4, -0.2) is 7.11 Å². The summed E-state index contributed by atoms with van der Waals surface area (Å²) < 4.78 is 33.0. The molecule has 112 valence electrons. The Morgan fingerprint density at radius 2 is 1.95 bits per heavy atom. The first kappa shape index (κ1) is 15.9. The van der Waals surface area contributed by atoms with Gasteiger partial charge in [0.25, 0.3) is 0 Å². The zero-order chi connectivity index (χ0) is 15.4. The summed E-state index contributed by atoms with van der Waals surface area (Å²) in [6.07, 6.45) is 0. The van der Waals surface area contributed by atoms with Gasteiger partial charge in [-0.15, -0.1) is 0 Å². The summed E-state index contributed by atoms with van der Waals surface area (Å²) in [6.45, 7) is 2.29. The summed E-state index contributed by atoms with van der Waals surface area (Å²) in [5, 5.41) is 3.18. The van der Waals surface area contributed by atoms with Gasteiger partial charge in [-0.3, -0.25) is 0 Å². The van der Waals surface area contributed by atoms with Crippen molar-refractivity contribution in [2.24, 2.45) is 0 Å². The zero-order valence-corrected chi connectivity index (χ0v) is 13.4.